The van der Waals surface area contributed by atoms with E-state index in [1.165, 1.54) is 89.9 Å². The summed E-state index contributed by atoms with van der Waals surface area (Å²) >= 11 is 0. The molecule has 0 spiro atoms. The minimum Gasteiger partial charge on any atom is -0.565 e. The molecule has 8 fully saturated rings. The quantitative estimate of drug-likeness (QED) is 0.395. The van der Waals surface area contributed by atoms with Gasteiger partial charge in [-0.3, -0.25) is 0 Å². The number of hydrogen-bond donors (Lipinski definition) is 0. The summed E-state index contributed by atoms with van der Waals surface area (Å²) in [6.07, 6.45) is 19.9. The molecular weight excluding hydrogens is 450 g/mol. The molecule has 0 saturated heterocycles. The van der Waals surface area contributed by atoms with Crippen LogP contribution in [0.5, 0.6) is 0 Å². The van der Waals surface area contributed by atoms with E-state index in [4.69, 9.17) is 9.31 Å². The molecule has 8 aliphatic rings. The van der Waals surface area contributed by atoms with Gasteiger partial charge in [-0.2, -0.15) is 0 Å². The largest absolute Gasteiger partial charge is 1.00 e. The van der Waals surface area contributed by atoms with Crippen LogP contribution in [0.2, 0.25) is 11.6 Å². The Labute approximate surface area is 245 Å². The van der Waals surface area contributed by atoms with Crippen molar-refractivity contribution in [3.8, 4) is 0 Å². The molecule has 0 aromatic heterocycles. The zero-order valence-corrected chi connectivity index (χ0v) is 27.1. The molecular formula is C32H56BNaO2. The van der Waals surface area contributed by atoms with Crippen LogP contribution in [0.3, 0.4) is 0 Å². The van der Waals surface area contributed by atoms with Crippen molar-refractivity contribution in [3.05, 3.63) is 0 Å². The number of hydrogen-bond acceptors (Lipinski definition) is 2. The van der Waals surface area contributed by atoms with E-state index in [9.17, 15) is 0 Å². The molecule has 8 atom stereocenters. The fraction of sp³-hybridized carbons (Fsp3) is 1.00. The van der Waals surface area contributed by atoms with Crippen molar-refractivity contribution in [2.45, 2.75) is 155 Å². The summed E-state index contributed by atoms with van der Waals surface area (Å²) < 4.78 is 15.4. The Bertz CT molecular complexity index is 706. The molecule has 0 aromatic rings. The van der Waals surface area contributed by atoms with E-state index in [1.54, 1.807) is 0 Å². The van der Waals surface area contributed by atoms with Gasteiger partial charge in [-0.05, 0) is 73.0 Å². The molecule has 0 radical (unpaired) electrons. The molecule has 8 saturated carbocycles. The van der Waals surface area contributed by atoms with Crippen LogP contribution in [-0.2, 0) is 9.31 Å². The Kier molecular flexibility index (Phi) is 8.26. The monoisotopic (exact) mass is 506 g/mol. The van der Waals surface area contributed by atoms with Gasteiger partial charge in [-0.15, -0.1) is 11.6 Å². The third-order valence-corrected chi connectivity index (χ3v) is 13.9. The third kappa shape index (κ3) is 4.48. The van der Waals surface area contributed by atoms with Crippen molar-refractivity contribution in [1.82, 2.24) is 0 Å². The normalized spacial score (nSPS) is 44.2. The first kappa shape index (κ1) is 28.5. The zero-order valence-electron chi connectivity index (χ0n) is 25.1. The SMILES string of the molecule is CC1C([B-](OC2CCCCC2)(OC2CCCCC2)C2CC3CC(C2C)C3(C)C)CC2CC1C2(C)C.[Na+]. The molecule has 8 rings (SSSR count). The number of fused-ring (bicyclic) bond motifs is 4. The summed E-state index contributed by atoms with van der Waals surface area (Å²) in [7, 11) is 0. The van der Waals surface area contributed by atoms with Gasteiger partial charge in [0, 0.05) is 12.2 Å². The Morgan fingerprint density at radius 1 is 0.556 bits per heavy atom. The van der Waals surface area contributed by atoms with Crippen LogP contribution < -0.4 is 29.6 Å². The summed E-state index contributed by atoms with van der Waals surface area (Å²) in [5.41, 5.74) is 1.05. The van der Waals surface area contributed by atoms with Gasteiger partial charge in [-0.1, -0.05) is 105 Å². The van der Waals surface area contributed by atoms with Crippen molar-refractivity contribution in [1.29, 1.82) is 0 Å². The zero-order chi connectivity index (χ0) is 24.6. The topological polar surface area (TPSA) is 18.5 Å². The molecule has 8 unspecified atom stereocenters. The fourth-order valence-corrected chi connectivity index (χ4v) is 11.4. The van der Waals surface area contributed by atoms with Gasteiger partial charge in [0.15, 0.2) is 0 Å². The predicted molar refractivity (Wildman–Crippen MR) is 147 cm³/mol. The van der Waals surface area contributed by atoms with Gasteiger partial charge in [-0.25, -0.2) is 0 Å². The minimum absolute atomic E-state index is 0. The van der Waals surface area contributed by atoms with E-state index in [0.29, 0.717) is 34.7 Å². The first-order valence-corrected chi connectivity index (χ1v) is 16.2. The average molecular weight is 507 g/mol. The van der Waals surface area contributed by atoms with Crippen LogP contribution in [0.4, 0.5) is 0 Å². The van der Waals surface area contributed by atoms with E-state index in [2.05, 4.69) is 41.5 Å². The van der Waals surface area contributed by atoms with E-state index in [1.807, 2.05) is 0 Å². The standard InChI is InChI=1S/C32H56BO2.Na/c1-21-27-17-23(31(27,3)4)19-29(21)33(34-25-13-9-7-10-14-25,35-26-15-11-8-12-16-26)30-20-24-18-28(22(30)2)32(24,5)6;/h21-30H,7-20H2,1-6H3;/q-1;+1. The summed E-state index contributed by atoms with van der Waals surface area (Å²) in [6, 6.07) is 0. The van der Waals surface area contributed by atoms with Crippen molar-refractivity contribution < 1.29 is 38.9 Å². The van der Waals surface area contributed by atoms with Gasteiger partial charge >= 0.3 is 29.6 Å². The van der Waals surface area contributed by atoms with Crippen LogP contribution >= 0.6 is 0 Å². The first-order valence-electron chi connectivity index (χ1n) is 16.2. The summed E-state index contributed by atoms with van der Waals surface area (Å²) in [5, 5.41) is 0. The second kappa shape index (κ2) is 10.4. The molecule has 8 aliphatic carbocycles. The van der Waals surface area contributed by atoms with Crippen molar-refractivity contribution >= 4 is 6.55 Å². The second-order valence-electron chi connectivity index (χ2n) is 15.9. The van der Waals surface area contributed by atoms with E-state index in [0.717, 1.165) is 35.5 Å². The van der Waals surface area contributed by atoms with Gasteiger partial charge in [0.25, 0.3) is 0 Å². The van der Waals surface area contributed by atoms with Crippen molar-refractivity contribution in [2.24, 2.45) is 46.3 Å². The molecule has 0 N–H and O–H groups in total. The van der Waals surface area contributed by atoms with Crippen molar-refractivity contribution in [2.75, 3.05) is 0 Å². The van der Waals surface area contributed by atoms with E-state index in [-0.39, 0.29) is 29.6 Å². The summed E-state index contributed by atoms with van der Waals surface area (Å²) in [4.78, 5) is 0. The van der Waals surface area contributed by atoms with Crippen LogP contribution in [0, 0.1) is 46.3 Å². The Balaban J connectivity index is 0.00000267. The van der Waals surface area contributed by atoms with Crippen LogP contribution in [0.15, 0.2) is 0 Å². The Morgan fingerprint density at radius 2 is 0.917 bits per heavy atom. The third-order valence-electron chi connectivity index (χ3n) is 13.9. The molecule has 36 heavy (non-hydrogen) atoms. The van der Waals surface area contributed by atoms with Gasteiger partial charge in [0.1, 0.15) is 0 Å². The first-order chi connectivity index (χ1) is 16.6. The molecule has 2 nitrogen and oxygen atoms in total. The Hall–Kier alpha value is 0.985. The summed E-state index contributed by atoms with van der Waals surface area (Å²) in [5.74, 6) is 6.24. The molecule has 0 amide bonds. The van der Waals surface area contributed by atoms with E-state index >= 15 is 0 Å². The fourth-order valence-electron chi connectivity index (χ4n) is 11.4. The molecule has 200 valence electrons. The predicted octanol–water partition coefficient (Wildman–Crippen LogP) is 6.28. The van der Waals surface area contributed by atoms with Gasteiger partial charge < -0.3 is 9.31 Å². The average Bonchev–Trinajstić information content (AvgIpc) is 2.84. The van der Waals surface area contributed by atoms with Crippen LogP contribution in [0.1, 0.15) is 131 Å². The molecule has 0 aliphatic heterocycles. The maximum Gasteiger partial charge on any atom is 1.00 e. The van der Waals surface area contributed by atoms with Gasteiger partial charge in [0.05, 0.1) is 0 Å². The molecule has 0 aromatic carbocycles. The maximum atomic E-state index is 7.72. The van der Waals surface area contributed by atoms with Crippen molar-refractivity contribution in [3.63, 3.8) is 0 Å². The van der Waals surface area contributed by atoms with Crippen LogP contribution in [0.25, 0.3) is 0 Å². The number of rotatable bonds is 6. The van der Waals surface area contributed by atoms with Gasteiger partial charge in [0.2, 0.25) is 6.55 Å². The second-order valence-corrected chi connectivity index (χ2v) is 15.9. The molecule has 4 heteroatoms. The molecule has 4 bridgehead atoms. The van der Waals surface area contributed by atoms with E-state index < -0.39 is 6.55 Å². The van der Waals surface area contributed by atoms with Crippen LogP contribution in [-0.4, -0.2) is 18.8 Å². The summed E-state index contributed by atoms with van der Waals surface area (Å²) in [6.45, 7) is 14.2. The Morgan fingerprint density at radius 3 is 1.22 bits per heavy atom. The molecule has 0 heterocycles. The smallest absolute Gasteiger partial charge is 0.565 e. The maximum absolute atomic E-state index is 7.72. The minimum atomic E-state index is -1.29.